The number of imidazole rings is 1. The molecule has 31 heavy (non-hydrogen) atoms. The van der Waals surface area contributed by atoms with Gasteiger partial charge >= 0.3 is 0 Å². The summed E-state index contributed by atoms with van der Waals surface area (Å²) in [5.41, 5.74) is 3.76. The van der Waals surface area contributed by atoms with E-state index in [2.05, 4.69) is 10.3 Å². The number of methoxy groups -OCH3 is 1. The fourth-order valence-corrected chi connectivity index (χ4v) is 3.51. The van der Waals surface area contributed by atoms with Crippen LogP contribution in [0.4, 0.5) is 11.4 Å². The Hall–Kier alpha value is -3.91. The lowest BCUT2D eigenvalue weighted by Crippen LogP contribution is -2.13. The van der Waals surface area contributed by atoms with Crippen molar-refractivity contribution in [1.82, 2.24) is 9.38 Å². The third kappa shape index (κ3) is 3.93. The third-order valence-electron chi connectivity index (χ3n) is 4.83. The van der Waals surface area contributed by atoms with Gasteiger partial charge in [-0.3, -0.25) is 14.9 Å². The number of benzene rings is 2. The van der Waals surface area contributed by atoms with Gasteiger partial charge in [0.1, 0.15) is 11.4 Å². The summed E-state index contributed by atoms with van der Waals surface area (Å²) >= 11 is 6.09. The molecule has 0 aliphatic heterocycles. The number of fused-ring (bicyclic) bond motifs is 1. The molecule has 4 rings (SSSR count). The number of nitro groups is 1. The molecule has 0 radical (unpaired) electrons. The zero-order valence-corrected chi connectivity index (χ0v) is 17.4. The van der Waals surface area contributed by atoms with Crippen LogP contribution in [-0.4, -0.2) is 27.3 Å². The number of nitro benzene ring substituents is 1. The second kappa shape index (κ2) is 8.08. The topological polar surface area (TPSA) is 98.8 Å². The van der Waals surface area contributed by atoms with Gasteiger partial charge in [-0.2, -0.15) is 0 Å². The minimum atomic E-state index is -0.573. The highest BCUT2D eigenvalue weighted by molar-refractivity contribution is 6.34. The van der Waals surface area contributed by atoms with Crippen molar-refractivity contribution in [2.24, 2.45) is 0 Å². The molecule has 0 saturated carbocycles. The molecule has 8 nitrogen and oxygen atoms in total. The predicted octanol–water partition coefficient (Wildman–Crippen LogP) is 5.13. The van der Waals surface area contributed by atoms with Crippen LogP contribution in [0, 0.1) is 17.0 Å². The van der Waals surface area contributed by atoms with Gasteiger partial charge in [0, 0.05) is 30.1 Å². The maximum Gasteiger partial charge on any atom is 0.270 e. The van der Waals surface area contributed by atoms with Crippen molar-refractivity contribution in [3.05, 3.63) is 87.2 Å². The second-order valence-electron chi connectivity index (χ2n) is 6.84. The molecule has 0 aliphatic rings. The normalized spacial score (nSPS) is 10.8. The molecular formula is C22H17ClN4O4. The maximum absolute atomic E-state index is 12.8. The van der Waals surface area contributed by atoms with E-state index in [1.54, 1.807) is 12.1 Å². The molecule has 9 heteroatoms. The fourth-order valence-electron chi connectivity index (χ4n) is 3.25. The Balaban J connectivity index is 1.68. The first-order valence-corrected chi connectivity index (χ1v) is 9.63. The number of carbonyl (C=O) groups excluding carboxylic acids is 1. The smallest absolute Gasteiger partial charge is 0.270 e. The molecule has 1 amide bonds. The predicted molar refractivity (Wildman–Crippen MR) is 118 cm³/mol. The average molecular weight is 437 g/mol. The Morgan fingerprint density at radius 3 is 2.71 bits per heavy atom. The minimum absolute atomic E-state index is 0.0161. The number of non-ortho nitro benzene ring substituents is 1. The Labute approximate surface area is 182 Å². The van der Waals surface area contributed by atoms with Gasteiger partial charge in [0.05, 0.1) is 34.0 Å². The number of halogens is 1. The van der Waals surface area contributed by atoms with Crippen molar-refractivity contribution in [1.29, 1.82) is 0 Å². The van der Waals surface area contributed by atoms with Gasteiger partial charge in [0.2, 0.25) is 0 Å². The lowest BCUT2D eigenvalue weighted by molar-refractivity contribution is -0.384. The molecule has 2 aromatic carbocycles. The van der Waals surface area contributed by atoms with Crippen LogP contribution < -0.4 is 10.1 Å². The van der Waals surface area contributed by atoms with Crippen molar-refractivity contribution in [3.8, 4) is 17.0 Å². The zero-order chi connectivity index (χ0) is 22.1. The molecule has 2 heterocycles. The monoisotopic (exact) mass is 436 g/mol. The highest BCUT2D eigenvalue weighted by Gasteiger charge is 2.17. The molecule has 0 spiro atoms. The number of rotatable bonds is 5. The van der Waals surface area contributed by atoms with E-state index in [0.29, 0.717) is 11.4 Å². The molecular weight excluding hydrogens is 420 g/mol. The molecule has 1 N–H and O–H groups in total. The largest absolute Gasteiger partial charge is 0.495 e. The number of carbonyl (C=O) groups is 1. The lowest BCUT2D eigenvalue weighted by Gasteiger charge is -2.12. The van der Waals surface area contributed by atoms with Crippen LogP contribution in [0.3, 0.4) is 0 Å². The Bertz CT molecular complexity index is 1330. The van der Waals surface area contributed by atoms with Crippen LogP contribution in [0.25, 0.3) is 16.9 Å². The molecule has 0 fully saturated rings. The number of hydrogen-bond donors (Lipinski definition) is 1. The van der Waals surface area contributed by atoms with E-state index in [0.717, 1.165) is 28.5 Å². The molecule has 2 aromatic heterocycles. The van der Waals surface area contributed by atoms with Gasteiger partial charge in [-0.1, -0.05) is 17.7 Å². The first-order valence-electron chi connectivity index (χ1n) is 9.25. The number of amides is 1. The standard InChI is InChI=1S/C22H17ClN4O4/c1-13-4-3-9-26-12-19(24-21(13)26)14-5-8-20(31-2)18(10-14)25-22(28)16-7-6-15(27(29)30)11-17(16)23/h3-12H,1-2H3,(H,25,28). The van der Waals surface area contributed by atoms with Crippen molar-refractivity contribution >= 4 is 34.5 Å². The van der Waals surface area contributed by atoms with Crippen LogP contribution in [-0.2, 0) is 0 Å². The van der Waals surface area contributed by atoms with Gasteiger partial charge in [0.25, 0.3) is 11.6 Å². The van der Waals surface area contributed by atoms with Crippen LogP contribution in [0.5, 0.6) is 5.75 Å². The van der Waals surface area contributed by atoms with Gasteiger partial charge in [0.15, 0.2) is 0 Å². The lowest BCUT2D eigenvalue weighted by atomic mass is 10.1. The van der Waals surface area contributed by atoms with E-state index >= 15 is 0 Å². The number of aryl methyl sites for hydroxylation is 1. The van der Waals surface area contributed by atoms with Gasteiger partial charge in [-0.25, -0.2) is 4.98 Å². The third-order valence-corrected chi connectivity index (χ3v) is 5.14. The first-order chi connectivity index (χ1) is 14.9. The Kier molecular flexibility index (Phi) is 5.31. The quantitative estimate of drug-likeness (QED) is 0.345. The molecule has 0 saturated heterocycles. The maximum atomic E-state index is 12.8. The first kappa shape index (κ1) is 20.4. The van der Waals surface area contributed by atoms with Crippen LogP contribution in [0.2, 0.25) is 5.02 Å². The summed E-state index contributed by atoms with van der Waals surface area (Å²) in [5.74, 6) is -0.0590. The summed E-state index contributed by atoms with van der Waals surface area (Å²) in [6, 6.07) is 13.0. The summed E-state index contributed by atoms with van der Waals surface area (Å²) in [4.78, 5) is 27.8. The average Bonchev–Trinajstić information content (AvgIpc) is 3.19. The summed E-state index contributed by atoms with van der Waals surface area (Å²) in [5, 5.41) is 13.6. The fraction of sp³-hybridized carbons (Fsp3) is 0.0909. The summed E-state index contributed by atoms with van der Waals surface area (Å²) in [6.45, 7) is 1.99. The van der Waals surface area contributed by atoms with Crippen molar-refractivity contribution in [2.75, 3.05) is 12.4 Å². The van der Waals surface area contributed by atoms with E-state index in [4.69, 9.17) is 16.3 Å². The highest BCUT2D eigenvalue weighted by atomic mass is 35.5. The van der Waals surface area contributed by atoms with Crippen molar-refractivity contribution < 1.29 is 14.5 Å². The van der Waals surface area contributed by atoms with E-state index in [1.165, 1.54) is 19.2 Å². The number of nitrogens with one attached hydrogen (secondary N) is 1. The van der Waals surface area contributed by atoms with Crippen molar-refractivity contribution in [3.63, 3.8) is 0 Å². The number of ether oxygens (including phenoxy) is 1. The van der Waals surface area contributed by atoms with Gasteiger partial charge < -0.3 is 14.5 Å². The van der Waals surface area contributed by atoms with Crippen LogP contribution in [0.15, 0.2) is 60.9 Å². The number of anilines is 1. The Morgan fingerprint density at radius 1 is 1.23 bits per heavy atom. The highest BCUT2D eigenvalue weighted by Crippen LogP contribution is 2.32. The summed E-state index contributed by atoms with van der Waals surface area (Å²) in [6.07, 6.45) is 3.82. The molecule has 156 valence electrons. The van der Waals surface area contributed by atoms with Crippen LogP contribution >= 0.6 is 11.6 Å². The molecule has 4 aromatic rings. The summed E-state index contributed by atoms with van der Waals surface area (Å²) in [7, 11) is 1.50. The molecule has 0 bridgehead atoms. The number of nitrogens with zero attached hydrogens (tertiary/aromatic N) is 3. The SMILES string of the molecule is COc1ccc(-c2cn3cccc(C)c3n2)cc1NC(=O)c1ccc([N+](=O)[O-])cc1Cl. The van der Waals surface area contributed by atoms with E-state index in [9.17, 15) is 14.9 Å². The number of aromatic nitrogens is 2. The van der Waals surface area contributed by atoms with E-state index in [-0.39, 0.29) is 16.3 Å². The molecule has 0 unspecified atom stereocenters. The minimum Gasteiger partial charge on any atom is -0.495 e. The second-order valence-corrected chi connectivity index (χ2v) is 7.25. The molecule has 0 aliphatic carbocycles. The molecule has 0 atom stereocenters. The van der Waals surface area contributed by atoms with E-state index < -0.39 is 10.8 Å². The van der Waals surface area contributed by atoms with E-state index in [1.807, 2.05) is 41.9 Å². The number of hydrogen-bond acceptors (Lipinski definition) is 5. The van der Waals surface area contributed by atoms with Crippen molar-refractivity contribution in [2.45, 2.75) is 6.92 Å². The number of pyridine rings is 1. The van der Waals surface area contributed by atoms with Crippen LogP contribution in [0.1, 0.15) is 15.9 Å². The Morgan fingerprint density at radius 2 is 2.03 bits per heavy atom. The van der Waals surface area contributed by atoms with Gasteiger partial charge in [-0.15, -0.1) is 0 Å². The zero-order valence-electron chi connectivity index (χ0n) is 16.6. The van der Waals surface area contributed by atoms with Gasteiger partial charge in [-0.05, 0) is 42.8 Å². The summed E-state index contributed by atoms with van der Waals surface area (Å²) < 4.78 is 7.30.